The van der Waals surface area contributed by atoms with Gasteiger partial charge >= 0.3 is 5.69 Å². The molecule has 0 unspecified atom stereocenters. The number of aryl methyl sites for hydroxylation is 1. The van der Waals surface area contributed by atoms with Gasteiger partial charge < -0.3 is 9.36 Å². The van der Waals surface area contributed by atoms with Crippen molar-refractivity contribution in [1.82, 2.24) is 24.9 Å². The van der Waals surface area contributed by atoms with E-state index in [-0.39, 0.29) is 12.3 Å². The van der Waals surface area contributed by atoms with Gasteiger partial charge in [0.05, 0.1) is 11.1 Å². The summed E-state index contributed by atoms with van der Waals surface area (Å²) in [5.41, 5.74) is 3.56. The largest absolute Gasteiger partial charge is 0.391 e. The number of nitrogens with zero attached hydrogens (tertiary/aromatic N) is 6. The number of rotatable bonds is 6. The zero-order chi connectivity index (χ0) is 21.5. The van der Waals surface area contributed by atoms with E-state index in [4.69, 9.17) is 9.36 Å². The summed E-state index contributed by atoms with van der Waals surface area (Å²) in [4.78, 5) is 18.1. The fourth-order valence-corrected chi connectivity index (χ4v) is 3.60. The summed E-state index contributed by atoms with van der Waals surface area (Å²) in [6.45, 7) is 1.88. The van der Waals surface area contributed by atoms with Crippen molar-refractivity contribution in [2.24, 2.45) is 12.2 Å². The maximum Gasteiger partial charge on any atom is 0.368 e. The van der Waals surface area contributed by atoms with Crippen LogP contribution in [0.15, 0.2) is 50.9 Å². The van der Waals surface area contributed by atoms with Crippen molar-refractivity contribution >= 4 is 16.7 Å². The molecule has 0 saturated heterocycles. The van der Waals surface area contributed by atoms with Crippen LogP contribution >= 0.6 is 0 Å². The van der Waals surface area contributed by atoms with Crippen molar-refractivity contribution in [3.63, 3.8) is 0 Å². The van der Waals surface area contributed by atoms with Gasteiger partial charge in [0, 0.05) is 18.7 Å². The van der Waals surface area contributed by atoms with Gasteiger partial charge in [-0.25, -0.2) is 9.18 Å². The van der Waals surface area contributed by atoms with Crippen LogP contribution in [0.25, 0.3) is 16.7 Å². The van der Waals surface area contributed by atoms with E-state index in [1.54, 1.807) is 20.0 Å². The molecule has 5 rings (SSSR count). The molecule has 1 saturated carbocycles. The first-order valence-corrected chi connectivity index (χ1v) is 9.86. The van der Waals surface area contributed by atoms with Gasteiger partial charge in [0.1, 0.15) is 23.8 Å². The number of halogens is 1. The molecule has 10 heteroatoms. The Morgan fingerprint density at radius 3 is 2.87 bits per heavy atom. The molecule has 1 aliphatic rings. The van der Waals surface area contributed by atoms with Crippen molar-refractivity contribution in [3.8, 4) is 5.69 Å². The van der Waals surface area contributed by atoms with E-state index >= 15 is 0 Å². The Balaban J connectivity index is 1.45. The van der Waals surface area contributed by atoms with Crippen LogP contribution in [0.4, 0.5) is 4.39 Å². The molecule has 31 heavy (non-hydrogen) atoms. The van der Waals surface area contributed by atoms with Crippen LogP contribution in [-0.2, 0) is 18.5 Å². The molecule has 2 aromatic heterocycles. The van der Waals surface area contributed by atoms with E-state index in [0.29, 0.717) is 34.0 Å². The Kier molecular flexibility index (Phi) is 4.61. The van der Waals surface area contributed by atoms with E-state index in [1.807, 2.05) is 18.2 Å². The van der Waals surface area contributed by atoms with Crippen LogP contribution in [0.1, 0.15) is 42.5 Å². The van der Waals surface area contributed by atoms with Crippen LogP contribution in [0.5, 0.6) is 0 Å². The highest BCUT2D eigenvalue weighted by Crippen LogP contribution is 2.43. The Hall–Kier alpha value is -3.82. The smallest absolute Gasteiger partial charge is 0.368 e. The second-order valence-corrected chi connectivity index (χ2v) is 7.54. The van der Waals surface area contributed by atoms with Crippen molar-refractivity contribution in [3.05, 3.63) is 69.5 Å². The van der Waals surface area contributed by atoms with E-state index in [2.05, 4.69) is 20.7 Å². The lowest BCUT2D eigenvalue weighted by Gasteiger charge is -2.12. The standard InChI is InChI=1S/C21H19FN6O3/c1-12(20-16-9-8-14(22)10-19(16)31-24-20)23-30-11-17-15(13-6-7-13)4-3-5-18(17)28-21(29)27(2)25-26-28/h3-5,8-10,13H,6-7,11H2,1-2H3. The van der Waals surface area contributed by atoms with Gasteiger partial charge in [0.25, 0.3) is 0 Å². The van der Waals surface area contributed by atoms with Gasteiger partial charge in [-0.3, -0.25) is 0 Å². The first-order chi connectivity index (χ1) is 15.0. The predicted molar refractivity (Wildman–Crippen MR) is 110 cm³/mol. The molecule has 1 fully saturated rings. The molecule has 0 bridgehead atoms. The highest BCUT2D eigenvalue weighted by Gasteiger charge is 2.28. The topological polar surface area (TPSA) is 100 Å². The lowest BCUT2D eigenvalue weighted by Crippen LogP contribution is -2.23. The summed E-state index contributed by atoms with van der Waals surface area (Å²) in [6, 6.07) is 9.97. The molecule has 0 N–H and O–H groups in total. The first kappa shape index (κ1) is 19.2. The number of oxime groups is 1. The lowest BCUT2D eigenvalue weighted by molar-refractivity contribution is 0.129. The van der Waals surface area contributed by atoms with E-state index in [1.165, 1.54) is 21.5 Å². The summed E-state index contributed by atoms with van der Waals surface area (Å²) in [5.74, 6) is 0.0369. The molecule has 0 aliphatic heterocycles. The van der Waals surface area contributed by atoms with Crippen molar-refractivity contribution in [2.75, 3.05) is 0 Å². The zero-order valence-corrected chi connectivity index (χ0v) is 16.9. The molecule has 0 radical (unpaired) electrons. The third kappa shape index (κ3) is 3.49. The Morgan fingerprint density at radius 2 is 2.13 bits per heavy atom. The summed E-state index contributed by atoms with van der Waals surface area (Å²) in [7, 11) is 1.55. The predicted octanol–water partition coefficient (Wildman–Crippen LogP) is 3.06. The number of aromatic nitrogens is 5. The average molecular weight is 422 g/mol. The van der Waals surface area contributed by atoms with Crippen LogP contribution in [0.3, 0.4) is 0 Å². The molecule has 9 nitrogen and oxygen atoms in total. The van der Waals surface area contributed by atoms with E-state index in [0.717, 1.165) is 24.0 Å². The van der Waals surface area contributed by atoms with Crippen LogP contribution < -0.4 is 5.69 Å². The number of hydrogen-bond donors (Lipinski definition) is 0. The first-order valence-electron chi connectivity index (χ1n) is 9.86. The molecule has 4 aromatic rings. The Labute approximate surface area is 175 Å². The van der Waals surface area contributed by atoms with Gasteiger partial charge in [0.2, 0.25) is 0 Å². The maximum absolute atomic E-state index is 13.4. The van der Waals surface area contributed by atoms with Gasteiger partial charge in [-0.1, -0.05) is 22.4 Å². The second kappa shape index (κ2) is 7.46. The number of fused-ring (bicyclic) bond motifs is 1. The second-order valence-electron chi connectivity index (χ2n) is 7.54. The summed E-state index contributed by atoms with van der Waals surface area (Å²) in [6.07, 6.45) is 2.19. The molecule has 2 aromatic carbocycles. The van der Waals surface area contributed by atoms with Gasteiger partial charge in [0.15, 0.2) is 5.58 Å². The highest BCUT2D eigenvalue weighted by atomic mass is 19.1. The number of benzene rings is 2. The molecule has 158 valence electrons. The van der Waals surface area contributed by atoms with Gasteiger partial charge in [-0.15, -0.1) is 0 Å². The average Bonchev–Trinajstić information content (AvgIpc) is 3.44. The van der Waals surface area contributed by atoms with Crippen molar-refractivity contribution < 1.29 is 13.8 Å². The fraction of sp³-hybridized carbons (Fsp3) is 0.286. The maximum atomic E-state index is 13.4. The number of hydrogen-bond acceptors (Lipinski definition) is 7. The summed E-state index contributed by atoms with van der Waals surface area (Å²) in [5, 5.41) is 16.6. The van der Waals surface area contributed by atoms with Crippen molar-refractivity contribution in [1.29, 1.82) is 0 Å². The van der Waals surface area contributed by atoms with Gasteiger partial charge in [-0.05, 0) is 59.9 Å². The normalized spacial score (nSPS) is 14.4. The summed E-state index contributed by atoms with van der Waals surface area (Å²) < 4.78 is 21.0. The molecule has 0 amide bonds. The monoisotopic (exact) mass is 422 g/mol. The molecule has 1 aliphatic carbocycles. The third-order valence-corrected chi connectivity index (χ3v) is 5.34. The SMILES string of the molecule is CC(=NOCc1c(C2CC2)cccc1-n1nnn(C)c1=O)c1noc2cc(F)ccc12. The van der Waals surface area contributed by atoms with Crippen molar-refractivity contribution in [2.45, 2.75) is 32.3 Å². The Morgan fingerprint density at radius 1 is 1.29 bits per heavy atom. The molecule has 2 heterocycles. The van der Waals surface area contributed by atoms with Crippen LogP contribution in [-0.4, -0.2) is 30.7 Å². The fourth-order valence-electron chi connectivity index (χ4n) is 3.60. The minimum absolute atomic E-state index is 0.146. The molecule has 0 spiro atoms. The van der Waals surface area contributed by atoms with E-state index < -0.39 is 5.82 Å². The quantitative estimate of drug-likeness (QED) is 0.350. The van der Waals surface area contributed by atoms with Crippen LogP contribution in [0, 0.1) is 5.82 Å². The van der Waals surface area contributed by atoms with Crippen LogP contribution in [0.2, 0.25) is 0 Å². The van der Waals surface area contributed by atoms with Gasteiger partial charge in [-0.2, -0.15) is 9.36 Å². The number of tetrazole rings is 1. The lowest BCUT2D eigenvalue weighted by atomic mass is 10.0. The summed E-state index contributed by atoms with van der Waals surface area (Å²) >= 11 is 0. The Bertz CT molecular complexity index is 1370. The highest BCUT2D eigenvalue weighted by molar-refractivity contribution is 6.06. The minimum atomic E-state index is -0.399. The zero-order valence-electron chi connectivity index (χ0n) is 16.9. The molecule has 0 atom stereocenters. The molecular weight excluding hydrogens is 403 g/mol. The molecular formula is C21H19FN6O3. The third-order valence-electron chi connectivity index (χ3n) is 5.34. The van der Waals surface area contributed by atoms with E-state index in [9.17, 15) is 9.18 Å². The minimum Gasteiger partial charge on any atom is -0.391 e.